The van der Waals surface area contributed by atoms with Crippen molar-refractivity contribution in [2.75, 3.05) is 7.11 Å². The van der Waals surface area contributed by atoms with Gasteiger partial charge in [-0.3, -0.25) is 4.40 Å². The van der Waals surface area contributed by atoms with E-state index in [0.717, 1.165) is 3.57 Å². The highest BCUT2D eigenvalue weighted by Crippen LogP contribution is 2.27. The van der Waals surface area contributed by atoms with Crippen molar-refractivity contribution >= 4 is 28.2 Å². The van der Waals surface area contributed by atoms with E-state index in [1.165, 1.54) is 17.7 Å². The molecule has 80 valence electrons. The molecule has 0 saturated carbocycles. The normalized spacial score (nSPS) is 11.3. The number of hydrogen-bond donors (Lipinski definition) is 0. The zero-order valence-electron chi connectivity index (χ0n) is 7.62. The Kier molecular flexibility index (Phi) is 2.72. The van der Waals surface area contributed by atoms with Crippen LogP contribution in [0.5, 0.6) is 5.75 Å². The molecule has 7 heteroatoms. The highest BCUT2D eigenvalue weighted by atomic mass is 127. The van der Waals surface area contributed by atoms with Crippen LogP contribution >= 0.6 is 22.6 Å². The number of aromatic nitrogens is 3. The van der Waals surface area contributed by atoms with Gasteiger partial charge in [0.25, 0.3) is 6.43 Å². The van der Waals surface area contributed by atoms with Gasteiger partial charge in [-0.2, -0.15) is 0 Å². The molecule has 2 aromatic rings. The molecule has 0 aliphatic rings. The zero-order valence-corrected chi connectivity index (χ0v) is 9.77. The number of alkyl halides is 2. The summed E-state index contributed by atoms with van der Waals surface area (Å²) in [4.78, 5) is 0. The minimum absolute atomic E-state index is 0.305. The van der Waals surface area contributed by atoms with E-state index in [1.54, 1.807) is 6.07 Å². The van der Waals surface area contributed by atoms with Crippen LogP contribution in [-0.2, 0) is 0 Å². The SMILES string of the molecule is COc1c(I)ccn2c(C(F)F)nnc12. The van der Waals surface area contributed by atoms with Crippen molar-refractivity contribution in [2.45, 2.75) is 6.43 Å². The van der Waals surface area contributed by atoms with E-state index in [4.69, 9.17) is 4.74 Å². The lowest BCUT2D eigenvalue weighted by molar-refractivity contribution is 0.139. The molecule has 2 heterocycles. The van der Waals surface area contributed by atoms with Crippen LogP contribution in [0.2, 0.25) is 0 Å². The predicted octanol–water partition coefficient (Wildman–Crippen LogP) is 2.28. The van der Waals surface area contributed by atoms with Gasteiger partial charge >= 0.3 is 0 Å². The van der Waals surface area contributed by atoms with Crippen molar-refractivity contribution in [1.82, 2.24) is 14.6 Å². The van der Waals surface area contributed by atoms with E-state index >= 15 is 0 Å². The average molecular weight is 325 g/mol. The standard InChI is InChI=1S/C8H6F2IN3O/c1-15-5-4(11)2-3-14-7(5)12-13-8(14)6(9)10/h2-3,6H,1H3. The van der Waals surface area contributed by atoms with E-state index in [-0.39, 0.29) is 5.82 Å². The van der Waals surface area contributed by atoms with Crippen LogP contribution in [0.1, 0.15) is 12.2 Å². The Morgan fingerprint density at radius 1 is 1.47 bits per heavy atom. The Morgan fingerprint density at radius 3 is 2.80 bits per heavy atom. The lowest BCUT2D eigenvalue weighted by Gasteiger charge is -2.04. The largest absolute Gasteiger partial charge is 0.492 e. The molecule has 0 bridgehead atoms. The number of halogens is 3. The molecule has 0 unspecified atom stereocenters. The van der Waals surface area contributed by atoms with Gasteiger partial charge in [0, 0.05) is 6.20 Å². The predicted molar refractivity (Wildman–Crippen MR) is 57.2 cm³/mol. The van der Waals surface area contributed by atoms with Crippen molar-refractivity contribution < 1.29 is 13.5 Å². The van der Waals surface area contributed by atoms with Crippen LogP contribution in [0.4, 0.5) is 8.78 Å². The lowest BCUT2D eigenvalue weighted by Crippen LogP contribution is -1.97. The Bertz CT molecular complexity index is 500. The van der Waals surface area contributed by atoms with Crippen LogP contribution in [0, 0.1) is 3.57 Å². The Morgan fingerprint density at radius 2 is 2.20 bits per heavy atom. The van der Waals surface area contributed by atoms with Crippen molar-refractivity contribution in [2.24, 2.45) is 0 Å². The molecule has 0 N–H and O–H groups in total. The first-order valence-corrected chi connectivity index (χ1v) is 5.08. The maximum Gasteiger partial charge on any atom is 0.297 e. The Balaban J connectivity index is 2.74. The summed E-state index contributed by atoms with van der Waals surface area (Å²) in [6.07, 6.45) is -1.15. The van der Waals surface area contributed by atoms with E-state index in [0.29, 0.717) is 11.4 Å². The molecule has 0 atom stereocenters. The molecule has 0 radical (unpaired) electrons. The third-order valence-corrected chi connectivity index (χ3v) is 2.76. The fourth-order valence-electron chi connectivity index (χ4n) is 1.27. The number of ether oxygens (including phenoxy) is 1. The summed E-state index contributed by atoms with van der Waals surface area (Å²) in [6, 6.07) is 1.67. The minimum atomic E-state index is -2.65. The van der Waals surface area contributed by atoms with Crippen LogP contribution in [-0.4, -0.2) is 21.7 Å². The third-order valence-electron chi connectivity index (χ3n) is 1.91. The van der Waals surface area contributed by atoms with Gasteiger partial charge in [0.1, 0.15) is 0 Å². The fraction of sp³-hybridized carbons (Fsp3) is 0.250. The van der Waals surface area contributed by atoms with Crippen LogP contribution in [0.15, 0.2) is 12.3 Å². The maximum absolute atomic E-state index is 12.5. The fourth-order valence-corrected chi connectivity index (χ4v) is 1.89. The van der Waals surface area contributed by atoms with Gasteiger partial charge in [-0.15, -0.1) is 10.2 Å². The van der Waals surface area contributed by atoms with E-state index < -0.39 is 6.43 Å². The molecular weight excluding hydrogens is 319 g/mol. The van der Waals surface area contributed by atoms with Crippen molar-refractivity contribution in [1.29, 1.82) is 0 Å². The summed E-state index contributed by atoms with van der Waals surface area (Å²) in [5, 5.41) is 7.10. The monoisotopic (exact) mass is 325 g/mol. The van der Waals surface area contributed by atoms with Gasteiger partial charge in [0.2, 0.25) is 11.5 Å². The lowest BCUT2D eigenvalue weighted by atomic mass is 10.4. The number of rotatable bonds is 2. The minimum Gasteiger partial charge on any atom is -0.492 e. The first-order chi connectivity index (χ1) is 7.15. The number of methoxy groups -OCH3 is 1. The molecule has 0 aliphatic carbocycles. The Labute approximate surface area is 97.4 Å². The van der Waals surface area contributed by atoms with Gasteiger partial charge in [0.05, 0.1) is 10.7 Å². The molecule has 0 fully saturated rings. The number of fused-ring (bicyclic) bond motifs is 1. The van der Waals surface area contributed by atoms with E-state index in [9.17, 15) is 8.78 Å². The first-order valence-electron chi connectivity index (χ1n) is 4.00. The second-order valence-electron chi connectivity index (χ2n) is 2.75. The van der Waals surface area contributed by atoms with Gasteiger partial charge in [-0.1, -0.05) is 0 Å². The number of pyridine rings is 1. The van der Waals surface area contributed by atoms with Crippen LogP contribution < -0.4 is 4.74 Å². The molecule has 2 rings (SSSR count). The highest BCUT2D eigenvalue weighted by Gasteiger charge is 2.18. The van der Waals surface area contributed by atoms with Crippen LogP contribution in [0.3, 0.4) is 0 Å². The molecule has 0 spiro atoms. The smallest absolute Gasteiger partial charge is 0.297 e. The molecule has 0 aliphatic heterocycles. The van der Waals surface area contributed by atoms with E-state index in [1.807, 2.05) is 22.6 Å². The van der Waals surface area contributed by atoms with Gasteiger partial charge in [-0.25, -0.2) is 8.78 Å². The molecule has 0 saturated heterocycles. The molecule has 4 nitrogen and oxygen atoms in total. The summed E-state index contributed by atoms with van der Waals surface area (Å²) in [5.74, 6) is 0.0807. The average Bonchev–Trinajstić information content (AvgIpc) is 2.61. The maximum atomic E-state index is 12.5. The summed E-state index contributed by atoms with van der Waals surface area (Å²) in [7, 11) is 1.47. The van der Waals surface area contributed by atoms with Crippen molar-refractivity contribution in [3.63, 3.8) is 0 Å². The van der Waals surface area contributed by atoms with Crippen molar-refractivity contribution in [3.8, 4) is 5.75 Å². The van der Waals surface area contributed by atoms with Gasteiger partial charge < -0.3 is 4.74 Å². The van der Waals surface area contributed by atoms with Gasteiger partial charge in [-0.05, 0) is 28.7 Å². The summed E-state index contributed by atoms with van der Waals surface area (Å²) in [6.45, 7) is 0. The molecule has 2 aromatic heterocycles. The zero-order chi connectivity index (χ0) is 11.0. The Hall–Kier alpha value is -0.990. The topological polar surface area (TPSA) is 39.4 Å². The second kappa shape index (κ2) is 3.87. The second-order valence-corrected chi connectivity index (χ2v) is 3.91. The molecule has 0 amide bonds. The van der Waals surface area contributed by atoms with Gasteiger partial charge in [0.15, 0.2) is 5.75 Å². The summed E-state index contributed by atoms with van der Waals surface area (Å²) >= 11 is 2.04. The third kappa shape index (κ3) is 1.64. The van der Waals surface area contributed by atoms with E-state index in [2.05, 4.69) is 10.2 Å². The number of nitrogens with zero attached hydrogens (tertiary/aromatic N) is 3. The van der Waals surface area contributed by atoms with Crippen molar-refractivity contribution in [3.05, 3.63) is 21.7 Å². The molecule has 0 aromatic carbocycles. The van der Waals surface area contributed by atoms with Crippen LogP contribution in [0.25, 0.3) is 5.65 Å². The summed E-state index contributed by atoms with van der Waals surface area (Å²) in [5.41, 5.74) is 0.305. The quantitative estimate of drug-likeness (QED) is 0.796. The molecule has 15 heavy (non-hydrogen) atoms. The molecular formula is C8H6F2IN3O. The first kappa shape index (κ1) is 10.5. The highest BCUT2D eigenvalue weighted by molar-refractivity contribution is 14.1. The number of hydrogen-bond acceptors (Lipinski definition) is 3. The summed E-state index contributed by atoms with van der Waals surface area (Å²) < 4.78 is 32.1.